The van der Waals surface area contributed by atoms with Crippen molar-refractivity contribution in [2.45, 2.75) is 32.7 Å². The van der Waals surface area contributed by atoms with Gasteiger partial charge in [-0.25, -0.2) is 4.98 Å². The highest BCUT2D eigenvalue weighted by molar-refractivity contribution is 7.08. The fourth-order valence-corrected chi connectivity index (χ4v) is 2.15. The molecule has 3 nitrogen and oxygen atoms in total. The fourth-order valence-electron chi connectivity index (χ4n) is 1.51. The van der Waals surface area contributed by atoms with Gasteiger partial charge < -0.3 is 9.73 Å². The van der Waals surface area contributed by atoms with E-state index in [4.69, 9.17) is 4.42 Å². The summed E-state index contributed by atoms with van der Waals surface area (Å²) in [7, 11) is 0. The van der Waals surface area contributed by atoms with E-state index in [9.17, 15) is 0 Å². The van der Waals surface area contributed by atoms with E-state index in [1.54, 1.807) is 17.5 Å². The molecule has 0 unspecified atom stereocenters. The molecule has 0 aliphatic rings. The van der Waals surface area contributed by atoms with Gasteiger partial charge >= 0.3 is 0 Å². The molecular weight excluding hydrogens is 232 g/mol. The van der Waals surface area contributed by atoms with Crippen LogP contribution in [0.2, 0.25) is 0 Å². The predicted octanol–water partition coefficient (Wildman–Crippen LogP) is 3.33. The first kappa shape index (κ1) is 12.3. The third-order valence-electron chi connectivity index (χ3n) is 2.35. The molecule has 0 aromatic carbocycles. The first-order valence-electron chi connectivity index (χ1n) is 5.77. The van der Waals surface area contributed by atoms with Gasteiger partial charge in [-0.15, -0.1) is 0 Å². The highest BCUT2D eigenvalue weighted by atomic mass is 32.1. The predicted molar refractivity (Wildman–Crippen MR) is 71.3 cm³/mol. The number of nitrogens with zero attached hydrogens (tertiary/aromatic N) is 1. The minimum atomic E-state index is 0.142. The number of hydrogen-bond donors (Lipinski definition) is 1. The molecule has 92 valence electrons. The summed E-state index contributed by atoms with van der Waals surface area (Å²) in [6.07, 6.45) is 2.62. The Balaban J connectivity index is 1.91. The molecule has 0 bridgehead atoms. The van der Waals surface area contributed by atoms with Crippen LogP contribution in [0, 0.1) is 0 Å². The second kappa shape index (κ2) is 5.02. The Morgan fingerprint density at radius 1 is 1.41 bits per heavy atom. The van der Waals surface area contributed by atoms with E-state index in [2.05, 4.69) is 36.5 Å². The topological polar surface area (TPSA) is 38.1 Å². The summed E-state index contributed by atoms with van der Waals surface area (Å²) in [6, 6.07) is 2.04. The minimum Gasteiger partial charge on any atom is -0.441 e. The number of oxazole rings is 1. The third-order valence-corrected chi connectivity index (χ3v) is 3.04. The molecule has 0 saturated carbocycles. The maximum absolute atomic E-state index is 5.70. The molecule has 2 aromatic heterocycles. The lowest BCUT2D eigenvalue weighted by atomic mass is 10.1. The Hall–Kier alpha value is -1.13. The van der Waals surface area contributed by atoms with Crippen molar-refractivity contribution in [2.75, 3.05) is 6.54 Å². The molecule has 0 fully saturated rings. The Labute approximate surface area is 106 Å². The van der Waals surface area contributed by atoms with Crippen molar-refractivity contribution in [2.24, 2.45) is 0 Å². The fraction of sp³-hybridized carbons (Fsp3) is 0.462. The largest absolute Gasteiger partial charge is 0.441 e. The zero-order valence-electron chi connectivity index (χ0n) is 10.5. The maximum atomic E-state index is 5.70. The van der Waals surface area contributed by atoms with Gasteiger partial charge in [-0.1, -0.05) is 0 Å². The van der Waals surface area contributed by atoms with Gasteiger partial charge in [0.25, 0.3) is 0 Å². The van der Waals surface area contributed by atoms with E-state index in [0.717, 1.165) is 30.2 Å². The molecule has 4 heteroatoms. The zero-order chi connectivity index (χ0) is 12.3. The highest BCUT2D eigenvalue weighted by Gasteiger charge is 2.10. The van der Waals surface area contributed by atoms with Crippen LogP contribution in [0.15, 0.2) is 27.4 Å². The lowest BCUT2D eigenvalue weighted by molar-refractivity contribution is 0.412. The molecule has 2 heterocycles. The summed E-state index contributed by atoms with van der Waals surface area (Å²) >= 11 is 1.66. The lowest BCUT2D eigenvalue weighted by Gasteiger charge is -2.19. The molecule has 1 N–H and O–H groups in total. The summed E-state index contributed by atoms with van der Waals surface area (Å²) in [4.78, 5) is 4.29. The van der Waals surface area contributed by atoms with Crippen molar-refractivity contribution in [3.63, 3.8) is 0 Å². The number of hydrogen-bond acceptors (Lipinski definition) is 4. The minimum absolute atomic E-state index is 0.142. The molecule has 0 atom stereocenters. The highest BCUT2D eigenvalue weighted by Crippen LogP contribution is 2.22. The van der Waals surface area contributed by atoms with E-state index >= 15 is 0 Å². The van der Waals surface area contributed by atoms with Crippen molar-refractivity contribution < 1.29 is 4.42 Å². The van der Waals surface area contributed by atoms with E-state index in [1.807, 2.05) is 11.4 Å². The van der Waals surface area contributed by atoms with Crippen LogP contribution in [0.3, 0.4) is 0 Å². The monoisotopic (exact) mass is 250 g/mol. The van der Waals surface area contributed by atoms with Gasteiger partial charge in [0.05, 0.1) is 6.20 Å². The van der Waals surface area contributed by atoms with Crippen LogP contribution < -0.4 is 5.32 Å². The van der Waals surface area contributed by atoms with Gasteiger partial charge in [0.2, 0.25) is 0 Å². The zero-order valence-corrected chi connectivity index (χ0v) is 11.3. The molecule has 0 aliphatic carbocycles. The van der Waals surface area contributed by atoms with Crippen LogP contribution in [0.5, 0.6) is 0 Å². The Kier molecular flexibility index (Phi) is 3.64. The second-order valence-electron chi connectivity index (χ2n) is 5.06. The molecular formula is C13H18N2OS. The van der Waals surface area contributed by atoms with Crippen LogP contribution in [0.4, 0.5) is 0 Å². The molecule has 0 spiro atoms. The smallest absolute Gasteiger partial charge is 0.196 e. The van der Waals surface area contributed by atoms with Crippen molar-refractivity contribution in [1.82, 2.24) is 10.3 Å². The van der Waals surface area contributed by atoms with E-state index < -0.39 is 0 Å². The standard InChI is InChI=1S/C13H18N2OS/c1-13(2,3)15-6-4-12-14-8-11(16-12)10-5-7-17-9-10/h5,7-9,15H,4,6H2,1-3H3. The first-order valence-corrected chi connectivity index (χ1v) is 6.71. The average molecular weight is 250 g/mol. The van der Waals surface area contributed by atoms with Crippen molar-refractivity contribution in [1.29, 1.82) is 0 Å². The van der Waals surface area contributed by atoms with Crippen molar-refractivity contribution in [3.05, 3.63) is 28.9 Å². The van der Waals surface area contributed by atoms with Crippen LogP contribution in [-0.4, -0.2) is 17.1 Å². The Morgan fingerprint density at radius 2 is 2.24 bits per heavy atom. The van der Waals surface area contributed by atoms with E-state index in [-0.39, 0.29) is 5.54 Å². The molecule has 0 amide bonds. The van der Waals surface area contributed by atoms with Gasteiger partial charge in [-0.05, 0) is 32.2 Å². The normalized spacial score (nSPS) is 11.9. The van der Waals surface area contributed by atoms with Gasteiger partial charge in [0.1, 0.15) is 0 Å². The number of rotatable bonds is 4. The molecule has 17 heavy (non-hydrogen) atoms. The second-order valence-corrected chi connectivity index (χ2v) is 5.84. The first-order chi connectivity index (χ1) is 8.04. The van der Waals surface area contributed by atoms with Crippen LogP contribution in [0.25, 0.3) is 11.3 Å². The summed E-state index contributed by atoms with van der Waals surface area (Å²) in [5, 5.41) is 7.52. The van der Waals surface area contributed by atoms with E-state index in [1.165, 1.54) is 0 Å². The summed E-state index contributed by atoms with van der Waals surface area (Å²) < 4.78 is 5.70. The molecule has 0 aliphatic heterocycles. The Bertz CT molecular complexity index is 454. The molecule has 0 saturated heterocycles. The summed E-state index contributed by atoms with van der Waals surface area (Å²) in [5.74, 6) is 1.65. The van der Waals surface area contributed by atoms with Crippen LogP contribution >= 0.6 is 11.3 Å². The molecule has 2 aromatic rings. The van der Waals surface area contributed by atoms with Crippen molar-refractivity contribution in [3.8, 4) is 11.3 Å². The van der Waals surface area contributed by atoms with Crippen molar-refractivity contribution >= 4 is 11.3 Å². The quantitative estimate of drug-likeness (QED) is 0.904. The number of nitrogens with one attached hydrogen (secondary N) is 1. The van der Waals surface area contributed by atoms with E-state index in [0.29, 0.717) is 0 Å². The van der Waals surface area contributed by atoms with Crippen LogP contribution in [0.1, 0.15) is 26.7 Å². The van der Waals surface area contributed by atoms with Gasteiger partial charge in [0.15, 0.2) is 11.7 Å². The number of aromatic nitrogens is 1. The third kappa shape index (κ3) is 3.68. The SMILES string of the molecule is CC(C)(C)NCCc1ncc(-c2ccsc2)o1. The number of thiophene rings is 1. The molecule has 0 radical (unpaired) electrons. The molecule has 2 rings (SSSR count). The van der Waals surface area contributed by atoms with Crippen LogP contribution in [-0.2, 0) is 6.42 Å². The summed E-state index contributed by atoms with van der Waals surface area (Å²) in [6.45, 7) is 7.34. The van der Waals surface area contributed by atoms with Gasteiger partial charge in [0, 0.05) is 29.4 Å². The van der Waals surface area contributed by atoms with Gasteiger partial charge in [-0.2, -0.15) is 11.3 Å². The maximum Gasteiger partial charge on any atom is 0.196 e. The average Bonchev–Trinajstić information content (AvgIpc) is 2.83. The lowest BCUT2D eigenvalue weighted by Crippen LogP contribution is -2.37. The Morgan fingerprint density at radius 3 is 2.88 bits per heavy atom. The summed E-state index contributed by atoms with van der Waals surface area (Å²) in [5.41, 5.74) is 1.25. The van der Waals surface area contributed by atoms with Gasteiger partial charge in [-0.3, -0.25) is 0 Å².